The number of hydrogen-bond acceptors (Lipinski definition) is 5. The first-order chi connectivity index (χ1) is 9.52. The lowest BCUT2D eigenvalue weighted by Gasteiger charge is -2.06. The first kappa shape index (κ1) is 15.9. The number of nitrogens with one attached hydrogen (secondary N) is 2. The molecule has 1 rings (SSSR count). The molecule has 0 fully saturated rings. The lowest BCUT2D eigenvalue weighted by Crippen LogP contribution is -2.41. The van der Waals surface area contributed by atoms with Gasteiger partial charge in [0, 0.05) is 12.7 Å². The molecule has 3 amide bonds. The molecule has 0 aliphatic rings. The quantitative estimate of drug-likeness (QED) is 0.627. The summed E-state index contributed by atoms with van der Waals surface area (Å²) in [5.74, 6) is -1.44. The molecule has 2 N–H and O–H groups in total. The van der Waals surface area contributed by atoms with Crippen molar-refractivity contribution in [1.82, 2.24) is 15.6 Å². The first-order valence-corrected chi connectivity index (χ1v) is 6.27. The van der Waals surface area contributed by atoms with Gasteiger partial charge in [-0.25, -0.2) is 14.6 Å². The van der Waals surface area contributed by atoms with Crippen molar-refractivity contribution >= 4 is 29.5 Å². The van der Waals surface area contributed by atoms with Crippen LogP contribution in [0.4, 0.5) is 4.79 Å². The summed E-state index contributed by atoms with van der Waals surface area (Å²) in [5, 5.41) is 4.62. The van der Waals surface area contributed by atoms with Gasteiger partial charge in [0.2, 0.25) is 0 Å². The Kier molecular flexibility index (Phi) is 6.45. The van der Waals surface area contributed by atoms with Gasteiger partial charge in [0.15, 0.2) is 6.61 Å². The van der Waals surface area contributed by atoms with Gasteiger partial charge >= 0.3 is 12.0 Å². The minimum absolute atomic E-state index is 0.142. The highest BCUT2D eigenvalue weighted by Crippen LogP contribution is 2.08. The Morgan fingerprint density at radius 2 is 2.15 bits per heavy atom. The van der Waals surface area contributed by atoms with Crippen molar-refractivity contribution in [2.75, 3.05) is 13.2 Å². The Morgan fingerprint density at radius 1 is 1.40 bits per heavy atom. The molecule has 7 nitrogen and oxygen atoms in total. The number of rotatable bonds is 5. The highest BCUT2D eigenvalue weighted by molar-refractivity contribution is 6.29. The second-order valence-corrected chi connectivity index (χ2v) is 4.13. The van der Waals surface area contributed by atoms with Crippen molar-refractivity contribution in [3.8, 4) is 0 Å². The van der Waals surface area contributed by atoms with Crippen LogP contribution < -0.4 is 10.6 Å². The van der Waals surface area contributed by atoms with Crippen LogP contribution in [0.15, 0.2) is 18.3 Å². The van der Waals surface area contributed by atoms with E-state index in [1.165, 1.54) is 18.3 Å². The molecule has 0 saturated heterocycles. The molecule has 0 radical (unpaired) electrons. The van der Waals surface area contributed by atoms with Crippen LogP contribution in [0.2, 0.25) is 5.15 Å². The van der Waals surface area contributed by atoms with Gasteiger partial charge in [0.05, 0.1) is 5.56 Å². The molecule has 1 heterocycles. The molecule has 0 spiro atoms. The van der Waals surface area contributed by atoms with Crippen LogP contribution in [-0.2, 0) is 9.53 Å². The van der Waals surface area contributed by atoms with E-state index in [-0.39, 0.29) is 10.7 Å². The van der Waals surface area contributed by atoms with E-state index in [2.05, 4.69) is 10.3 Å². The number of aromatic nitrogens is 1. The van der Waals surface area contributed by atoms with Crippen molar-refractivity contribution in [3.63, 3.8) is 0 Å². The number of urea groups is 1. The monoisotopic (exact) mass is 299 g/mol. The summed E-state index contributed by atoms with van der Waals surface area (Å²) in [5.41, 5.74) is 0.174. The second-order valence-electron chi connectivity index (χ2n) is 3.75. The van der Waals surface area contributed by atoms with Crippen LogP contribution in [0, 0.1) is 0 Å². The second kappa shape index (κ2) is 8.11. The number of ether oxygens (including phenoxy) is 1. The van der Waals surface area contributed by atoms with Crippen LogP contribution in [0.25, 0.3) is 0 Å². The zero-order valence-electron chi connectivity index (χ0n) is 10.8. The Bertz CT molecular complexity index is 507. The zero-order chi connectivity index (χ0) is 15.0. The summed E-state index contributed by atoms with van der Waals surface area (Å²) >= 11 is 5.62. The predicted molar refractivity (Wildman–Crippen MR) is 71.4 cm³/mol. The van der Waals surface area contributed by atoms with E-state index in [1.54, 1.807) is 0 Å². The molecule has 0 aliphatic carbocycles. The molecule has 20 heavy (non-hydrogen) atoms. The van der Waals surface area contributed by atoms with Gasteiger partial charge in [0.25, 0.3) is 5.91 Å². The summed E-state index contributed by atoms with van der Waals surface area (Å²) in [4.78, 5) is 37.8. The number of hydrogen-bond donors (Lipinski definition) is 2. The van der Waals surface area contributed by atoms with Crippen molar-refractivity contribution in [3.05, 3.63) is 29.0 Å². The van der Waals surface area contributed by atoms with Crippen molar-refractivity contribution in [1.29, 1.82) is 0 Å². The highest BCUT2D eigenvalue weighted by atomic mass is 35.5. The van der Waals surface area contributed by atoms with Gasteiger partial charge in [-0.2, -0.15) is 0 Å². The van der Waals surface area contributed by atoms with Gasteiger partial charge in [-0.15, -0.1) is 0 Å². The number of halogens is 1. The van der Waals surface area contributed by atoms with E-state index in [1.807, 2.05) is 12.2 Å². The molecule has 0 unspecified atom stereocenters. The van der Waals surface area contributed by atoms with E-state index in [4.69, 9.17) is 16.3 Å². The number of carbonyl (C=O) groups is 3. The molecule has 0 aliphatic heterocycles. The van der Waals surface area contributed by atoms with Gasteiger partial charge < -0.3 is 10.1 Å². The van der Waals surface area contributed by atoms with E-state index < -0.39 is 24.5 Å². The lowest BCUT2D eigenvalue weighted by molar-refractivity contribution is -0.123. The standard InChI is InChI=1S/C12H14ClN3O4/c1-2-4-15-12(19)16-10(17)7-20-11(18)8-3-5-14-9(13)6-8/h3,5-6H,2,4,7H2,1H3,(H2,15,16,17,19). The Morgan fingerprint density at radius 3 is 2.80 bits per heavy atom. The largest absolute Gasteiger partial charge is 0.452 e. The van der Waals surface area contributed by atoms with E-state index >= 15 is 0 Å². The maximum absolute atomic E-state index is 11.6. The minimum Gasteiger partial charge on any atom is -0.452 e. The molecule has 0 atom stereocenters. The maximum atomic E-state index is 11.6. The summed E-state index contributed by atoms with van der Waals surface area (Å²) in [6.07, 6.45) is 2.09. The van der Waals surface area contributed by atoms with E-state index in [0.29, 0.717) is 6.54 Å². The minimum atomic E-state index is -0.724. The topological polar surface area (TPSA) is 97.4 Å². The summed E-state index contributed by atoms with van der Waals surface area (Å²) in [6, 6.07) is 2.09. The first-order valence-electron chi connectivity index (χ1n) is 5.89. The average molecular weight is 300 g/mol. The number of imide groups is 1. The van der Waals surface area contributed by atoms with Gasteiger partial charge in [-0.3, -0.25) is 10.1 Å². The molecule has 0 bridgehead atoms. The molecule has 0 aromatic carbocycles. The SMILES string of the molecule is CCCNC(=O)NC(=O)COC(=O)c1ccnc(Cl)c1. The summed E-state index contributed by atoms with van der Waals surface area (Å²) < 4.78 is 4.73. The highest BCUT2D eigenvalue weighted by Gasteiger charge is 2.12. The van der Waals surface area contributed by atoms with E-state index in [9.17, 15) is 14.4 Å². The fraction of sp³-hybridized carbons (Fsp3) is 0.333. The van der Waals surface area contributed by atoms with Crippen molar-refractivity contribution in [2.45, 2.75) is 13.3 Å². The van der Waals surface area contributed by atoms with Crippen LogP contribution in [0.3, 0.4) is 0 Å². The summed E-state index contributed by atoms with van der Waals surface area (Å²) in [6.45, 7) is 1.77. The maximum Gasteiger partial charge on any atom is 0.338 e. The average Bonchev–Trinajstić information content (AvgIpc) is 2.42. The third kappa shape index (κ3) is 5.66. The number of pyridine rings is 1. The normalized spacial score (nSPS) is 9.70. The molecular weight excluding hydrogens is 286 g/mol. The molecule has 108 valence electrons. The predicted octanol–water partition coefficient (Wildman–Crippen LogP) is 1.13. The summed E-state index contributed by atoms with van der Waals surface area (Å²) in [7, 11) is 0. The lowest BCUT2D eigenvalue weighted by atomic mass is 10.3. The molecular formula is C12H14ClN3O4. The zero-order valence-corrected chi connectivity index (χ0v) is 11.6. The van der Waals surface area contributed by atoms with Gasteiger partial charge in [-0.1, -0.05) is 18.5 Å². The number of esters is 1. The number of amides is 3. The third-order valence-corrected chi connectivity index (χ3v) is 2.29. The van der Waals surface area contributed by atoms with Gasteiger partial charge in [-0.05, 0) is 18.6 Å². The number of carbonyl (C=O) groups excluding carboxylic acids is 3. The van der Waals surface area contributed by atoms with Crippen LogP contribution in [-0.4, -0.2) is 36.0 Å². The fourth-order valence-corrected chi connectivity index (χ4v) is 1.36. The number of nitrogens with zero attached hydrogens (tertiary/aromatic N) is 1. The van der Waals surface area contributed by atoms with Crippen LogP contribution in [0.5, 0.6) is 0 Å². The van der Waals surface area contributed by atoms with E-state index in [0.717, 1.165) is 6.42 Å². The molecule has 1 aromatic heterocycles. The van der Waals surface area contributed by atoms with Crippen molar-refractivity contribution in [2.24, 2.45) is 0 Å². The molecule has 1 aromatic rings. The fourth-order valence-electron chi connectivity index (χ4n) is 1.19. The Balaban J connectivity index is 2.37. The smallest absolute Gasteiger partial charge is 0.338 e. The van der Waals surface area contributed by atoms with Crippen LogP contribution >= 0.6 is 11.6 Å². The molecule has 8 heteroatoms. The Hall–Kier alpha value is -2.15. The van der Waals surface area contributed by atoms with Crippen molar-refractivity contribution < 1.29 is 19.1 Å². The molecule has 0 saturated carbocycles. The van der Waals surface area contributed by atoms with Gasteiger partial charge in [0.1, 0.15) is 5.15 Å². The van der Waals surface area contributed by atoms with Crippen LogP contribution in [0.1, 0.15) is 23.7 Å². The Labute approximate surface area is 120 Å². The third-order valence-electron chi connectivity index (χ3n) is 2.09.